The predicted octanol–water partition coefficient (Wildman–Crippen LogP) is 2.67. The minimum atomic E-state index is -0.259. The van der Waals surface area contributed by atoms with Crippen LogP contribution in [0, 0.1) is 0 Å². The van der Waals surface area contributed by atoms with E-state index >= 15 is 0 Å². The van der Waals surface area contributed by atoms with Crippen molar-refractivity contribution in [3.63, 3.8) is 0 Å². The zero-order valence-corrected chi connectivity index (χ0v) is 9.05. The lowest BCUT2D eigenvalue weighted by molar-refractivity contribution is -0.134. The molecule has 0 atom stereocenters. The van der Waals surface area contributed by atoms with Gasteiger partial charge in [-0.1, -0.05) is 13.3 Å². The largest absolute Gasteiger partial charge is 0.466 e. The number of unbranched alkanes of at least 4 members (excludes halogenated alkanes) is 1. The number of carbonyl (C=O) groups is 1. The molecule has 0 spiro atoms. The standard InChI is InChI=1S/C8H13IO2/c1-3-4-5-7(9)6-8(10)11-2/h6H,3-5H2,1-2H3/b7-6-. The Hall–Kier alpha value is -0.0600. The SMILES string of the molecule is CCCC/C(I)=C/C(=O)OC. The van der Waals surface area contributed by atoms with Gasteiger partial charge in [0.05, 0.1) is 7.11 Å². The first-order valence-electron chi connectivity index (χ1n) is 3.64. The number of hydrogen-bond donors (Lipinski definition) is 0. The molecule has 0 unspecified atom stereocenters. The van der Waals surface area contributed by atoms with Gasteiger partial charge in [0.1, 0.15) is 0 Å². The molecule has 0 radical (unpaired) electrons. The summed E-state index contributed by atoms with van der Waals surface area (Å²) in [6.45, 7) is 2.13. The third-order valence-corrected chi connectivity index (χ3v) is 2.10. The Bertz CT molecular complexity index is 152. The highest BCUT2D eigenvalue weighted by Gasteiger charge is 1.96. The maximum atomic E-state index is 10.7. The molecule has 0 amide bonds. The average molecular weight is 268 g/mol. The maximum Gasteiger partial charge on any atom is 0.331 e. The van der Waals surface area contributed by atoms with E-state index in [1.807, 2.05) is 0 Å². The molecule has 0 aromatic heterocycles. The first-order valence-corrected chi connectivity index (χ1v) is 4.72. The summed E-state index contributed by atoms with van der Waals surface area (Å²) in [5, 5.41) is 0. The molecular formula is C8H13IO2. The van der Waals surface area contributed by atoms with Crippen LogP contribution in [-0.2, 0) is 9.53 Å². The molecule has 0 bridgehead atoms. The van der Waals surface area contributed by atoms with Gasteiger partial charge in [0.25, 0.3) is 0 Å². The first kappa shape index (κ1) is 10.9. The molecule has 0 aliphatic heterocycles. The van der Waals surface area contributed by atoms with Crippen molar-refractivity contribution < 1.29 is 9.53 Å². The van der Waals surface area contributed by atoms with E-state index in [0.29, 0.717) is 0 Å². The molecule has 2 nitrogen and oxygen atoms in total. The Morgan fingerprint density at radius 1 is 1.64 bits per heavy atom. The summed E-state index contributed by atoms with van der Waals surface area (Å²) in [6, 6.07) is 0. The van der Waals surface area contributed by atoms with Crippen LogP contribution in [0.25, 0.3) is 0 Å². The van der Waals surface area contributed by atoms with Crippen molar-refractivity contribution in [1.82, 2.24) is 0 Å². The highest BCUT2D eigenvalue weighted by atomic mass is 127. The number of methoxy groups -OCH3 is 1. The number of halogens is 1. The number of carbonyl (C=O) groups excluding carboxylic acids is 1. The zero-order chi connectivity index (χ0) is 8.69. The van der Waals surface area contributed by atoms with Crippen LogP contribution in [0.3, 0.4) is 0 Å². The van der Waals surface area contributed by atoms with Gasteiger partial charge in [-0.15, -0.1) is 0 Å². The van der Waals surface area contributed by atoms with E-state index in [9.17, 15) is 4.79 Å². The molecule has 0 saturated heterocycles. The Labute approximate surface area is 81.1 Å². The monoisotopic (exact) mass is 268 g/mol. The molecule has 3 heteroatoms. The van der Waals surface area contributed by atoms with Crippen LogP contribution in [0.1, 0.15) is 26.2 Å². The Morgan fingerprint density at radius 3 is 2.73 bits per heavy atom. The van der Waals surface area contributed by atoms with Crippen molar-refractivity contribution in [3.8, 4) is 0 Å². The topological polar surface area (TPSA) is 26.3 Å². The molecule has 0 aliphatic carbocycles. The molecular weight excluding hydrogens is 255 g/mol. The fraction of sp³-hybridized carbons (Fsp3) is 0.625. The van der Waals surface area contributed by atoms with E-state index < -0.39 is 0 Å². The molecule has 0 saturated carbocycles. The van der Waals surface area contributed by atoms with Crippen LogP contribution in [0.2, 0.25) is 0 Å². The van der Waals surface area contributed by atoms with Gasteiger partial charge in [0.15, 0.2) is 0 Å². The zero-order valence-electron chi connectivity index (χ0n) is 6.89. The van der Waals surface area contributed by atoms with Gasteiger partial charge in [-0.2, -0.15) is 0 Å². The van der Waals surface area contributed by atoms with Gasteiger partial charge in [0.2, 0.25) is 0 Å². The van der Waals surface area contributed by atoms with Crippen molar-refractivity contribution in [3.05, 3.63) is 9.66 Å². The van der Waals surface area contributed by atoms with Crippen molar-refractivity contribution in [2.75, 3.05) is 7.11 Å². The molecule has 11 heavy (non-hydrogen) atoms. The van der Waals surface area contributed by atoms with Crippen molar-refractivity contribution >= 4 is 28.6 Å². The molecule has 0 aromatic rings. The van der Waals surface area contributed by atoms with Crippen LogP contribution in [0.5, 0.6) is 0 Å². The summed E-state index contributed by atoms with van der Waals surface area (Å²) in [5.74, 6) is -0.259. The Kier molecular flexibility index (Phi) is 6.60. The molecule has 0 heterocycles. The van der Waals surface area contributed by atoms with E-state index in [0.717, 1.165) is 22.8 Å². The van der Waals surface area contributed by atoms with E-state index in [2.05, 4.69) is 34.3 Å². The molecule has 0 N–H and O–H groups in total. The summed E-state index contributed by atoms with van der Waals surface area (Å²) < 4.78 is 5.55. The van der Waals surface area contributed by atoms with Gasteiger partial charge in [0, 0.05) is 6.08 Å². The quantitative estimate of drug-likeness (QED) is 0.445. The molecule has 0 fully saturated rings. The number of allylic oxidation sites excluding steroid dienone is 1. The summed E-state index contributed by atoms with van der Waals surface area (Å²) in [6.07, 6.45) is 4.80. The third-order valence-electron chi connectivity index (χ3n) is 1.24. The van der Waals surface area contributed by atoms with Gasteiger partial charge in [-0.25, -0.2) is 4.79 Å². The van der Waals surface area contributed by atoms with Crippen LogP contribution in [0.15, 0.2) is 9.66 Å². The Morgan fingerprint density at radius 2 is 2.27 bits per heavy atom. The smallest absolute Gasteiger partial charge is 0.331 e. The van der Waals surface area contributed by atoms with E-state index in [1.54, 1.807) is 0 Å². The lowest BCUT2D eigenvalue weighted by Crippen LogP contribution is -1.94. The summed E-state index contributed by atoms with van der Waals surface area (Å²) >= 11 is 2.16. The Balaban J connectivity index is 3.70. The predicted molar refractivity (Wildman–Crippen MR) is 53.6 cm³/mol. The van der Waals surface area contributed by atoms with Crippen molar-refractivity contribution in [1.29, 1.82) is 0 Å². The normalized spacial score (nSPS) is 11.4. The van der Waals surface area contributed by atoms with Crippen molar-refractivity contribution in [2.24, 2.45) is 0 Å². The minimum Gasteiger partial charge on any atom is -0.466 e. The van der Waals surface area contributed by atoms with Crippen LogP contribution in [0.4, 0.5) is 0 Å². The highest BCUT2D eigenvalue weighted by molar-refractivity contribution is 14.1. The van der Waals surface area contributed by atoms with Gasteiger partial charge < -0.3 is 4.74 Å². The molecule has 0 aliphatic rings. The number of rotatable bonds is 4. The van der Waals surface area contributed by atoms with Gasteiger partial charge >= 0.3 is 5.97 Å². The van der Waals surface area contributed by atoms with E-state index in [-0.39, 0.29) is 5.97 Å². The summed E-state index contributed by atoms with van der Waals surface area (Å²) in [5.41, 5.74) is 0. The van der Waals surface area contributed by atoms with Gasteiger partial charge in [-0.05, 0) is 39.0 Å². The van der Waals surface area contributed by atoms with Gasteiger partial charge in [-0.3, -0.25) is 0 Å². The number of ether oxygens (including phenoxy) is 1. The lowest BCUT2D eigenvalue weighted by Gasteiger charge is -1.96. The summed E-state index contributed by atoms with van der Waals surface area (Å²) in [7, 11) is 1.39. The molecule has 0 aromatic carbocycles. The van der Waals surface area contributed by atoms with E-state index in [4.69, 9.17) is 0 Å². The second-order valence-electron chi connectivity index (χ2n) is 2.22. The first-order chi connectivity index (χ1) is 5.20. The van der Waals surface area contributed by atoms with E-state index in [1.165, 1.54) is 13.2 Å². The lowest BCUT2D eigenvalue weighted by atomic mass is 10.2. The second-order valence-corrected chi connectivity index (χ2v) is 3.60. The van der Waals surface area contributed by atoms with Crippen LogP contribution in [-0.4, -0.2) is 13.1 Å². The fourth-order valence-corrected chi connectivity index (χ4v) is 1.24. The highest BCUT2D eigenvalue weighted by Crippen LogP contribution is 2.14. The average Bonchev–Trinajstić information content (AvgIpc) is 2.00. The third kappa shape index (κ3) is 6.34. The summed E-state index contributed by atoms with van der Waals surface area (Å²) in [4.78, 5) is 10.7. The molecule has 0 rings (SSSR count). The fourth-order valence-electron chi connectivity index (χ4n) is 0.605. The minimum absolute atomic E-state index is 0.259. The van der Waals surface area contributed by atoms with Crippen LogP contribution < -0.4 is 0 Å². The van der Waals surface area contributed by atoms with Crippen LogP contribution >= 0.6 is 22.6 Å². The maximum absolute atomic E-state index is 10.7. The number of hydrogen-bond acceptors (Lipinski definition) is 2. The van der Waals surface area contributed by atoms with Crippen molar-refractivity contribution in [2.45, 2.75) is 26.2 Å². The second kappa shape index (κ2) is 6.64. The molecule has 64 valence electrons. The number of esters is 1.